The largest absolute Gasteiger partial charge is 0.394 e. The first-order valence-electron chi connectivity index (χ1n) is 11.0. The Morgan fingerprint density at radius 1 is 0.515 bits per heavy atom. The fourth-order valence-electron chi connectivity index (χ4n) is 3.30. The second kappa shape index (κ2) is 15.9. The van der Waals surface area contributed by atoms with Gasteiger partial charge in [0.1, 0.15) is 0 Å². The molecule has 3 aromatic carbocycles. The molecule has 0 heterocycles. The Balaban J connectivity index is 0.00000101. The monoisotopic (exact) mass is 485 g/mol. The second-order valence-corrected chi connectivity index (χ2v) is 8.09. The molecule has 0 radical (unpaired) electrons. The standard InChI is InChI=1S/C24H27NO3.C3H8O.Ti/c26-22(19-10-4-1-5-11-19)16-25(17-23(27)20-12-6-2-7-13-20)18-24(28)21-14-8-3-9-15-21;1-3(2)4;/h1-15,22-24,26-28H,16-18H2;3-4H,1-2H3;/t22-,23-,24+;;/m0../s1. The van der Waals surface area contributed by atoms with Gasteiger partial charge in [0.05, 0.1) is 18.3 Å². The van der Waals surface area contributed by atoms with Crippen molar-refractivity contribution in [2.75, 3.05) is 19.6 Å². The fraction of sp³-hybridized carbons (Fsp3) is 0.333. The van der Waals surface area contributed by atoms with E-state index >= 15 is 0 Å². The van der Waals surface area contributed by atoms with Crippen LogP contribution in [-0.2, 0) is 21.7 Å². The molecule has 6 heteroatoms. The third-order valence-electron chi connectivity index (χ3n) is 4.85. The van der Waals surface area contributed by atoms with E-state index < -0.39 is 18.3 Å². The summed E-state index contributed by atoms with van der Waals surface area (Å²) in [7, 11) is 0. The molecule has 0 aliphatic carbocycles. The molecule has 0 saturated heterocycles. The summed E-state index contributed by atoms with van der Waals surface area (Å²) < 4.78 is 0. The van der Waals surface area contributed by atoms with Crippen LogP contribution in [0.1, 0.15) is 48.8 Å². The van der Waals surface area contributed by atoms with Crippen molar-refractivity contribution >= 4 is 0 Å². The number of hydrogen-bond donors (Lipinski definition) is 4. The predicted octanol–water partition coefficient (Wildman–Crippen LogP) is 3.87. The van der Waals surface area contributed by atoms with Gasteiger partial charge in [0.15, 0.2) is 0 Å². The van der Waals surface area contributed by atoms with Crippen molar-refractivity contribution in [3.05, 3.63) is 108 Å². The molecule has 4 N–H and O–H groups in total. The van der Waals surface area contributed by atoms with Gasteiger partial charge in [0.25, 0.3) is 0 Å². The SMILES string of the molecule is CC(C)O.O[C@H](CN(C[C@H](O)c1ccccc1)C[C@H](O)c1ccccc1)c1ccccc1.[Ti]. The molecule has 0 unspecified atom stereocenters. The van der Waals surface area contributed by atoms with E-state index in [2.05, 4.69) is 0 Å². The zero-order valence-electron chi connectivity index (χ0n) is 19.3. The van der Waals surface area contributed by atoms with Gasteiger partial charge in [-0.05, 0) is 30.5 Å². The molecular formula is C27H35NO4Ti. The quantitative estimate of drug-likeness (QED) is 0.346. The van der Waals surface area contributed by atoms with Gasteiger partial charge in [-0.3, -0.25) is 4.90 Å². The van der Waals surface area contributed by atoms with E-state index in [1.54, 1.807) is 13.8 Å². The average molecular weight is 485 g/mol. The maximum absolute atomic E-state index is 10.7. The topological polar surface area (TPSA) is 84.2 Å². The number of nitrogens with zero attached hydrogens (tertiary/aromatic N) is 1. The third-order valence-corrected chi connectivity index (χ3v) is 4.85. The van der Waals surface area contributed by atoms with Crippen LogP contribution >= 0.6 is 0 Å². The van der Waals surface area contributed by atoms with Crippen LogP contribution in [0.25, 0.3) is 0 Å². The number of hydrogen-bond acceptors (Lipinski definition) is 5. The van der Waals surface area contributed by atoms with Gasteiger partial charge < -0.3 is 20.4 Å². The summed E-state index contributed by atoms with van der Waals surface area (Å²) in [6, 6.07) is 28.3. The molecule has 0 spiro atoms. The van der Waals surface area contributed by atoms with E-state index in [9.17, 15) is 15.3 Å². The molecule has 0 saturated carbocycles. The first-order chi connectivity index (χ1) is 15.4. The van der Waals surface area contributed by atoms with Crippen molar-refractivity contribution in [3.8, 4) is 0 Å². The Morgan fingerprint density at radius 2 is 0.727 bits per heavy atom. The molecule has 0 bridgehead atoms. The molecule has 176 valence electrons. The summed E-state index contributed by atoms with van der Waals surface area (Å²) in [5.74, 6) is 0. The minimum Gasteiger partial charge on any atom is -0.394 e. The normalized spacial score (nSPS) is 13.5. The van der Waals surface area contributed by atoms with Gasteiger partial charge >= 0.3 is 0 Å². The van der Waals surface area contributed by atoms with Gasteiger partial charge in [-0.2, -0.15) is 0 Å². The van der Waals surface area contributed by atoms with E-state index in [-0.39, 0.29) is 27.8 Å². The molecule has 3 aromatic rings. The van der Waals surface area contributed by atoms with Crippen LogP contribution < -0.4 is 0 Å². The van der Waals surface area contributed by atoms with Crippen LogP contribution in [0.15, 0.2) is 91.0 Å². The van der Waals surface area contributed by atoms with Crippen LogP contribution in [0.2, 0.25) is 0 Å². The van der Waals surface area contributed by atoms with Crippen LogP contribution in [0.4, 0.5) is 0 Å². The summed E-state index contributed by atoms with van der Waals surface area (Å²) in [4.78, 5) is 1.91. The van der Waals surface area contributed by atoms with E-state index in [0.717, 1.165) is 16.7 Å². The van der Waals surface area contributed by atoms with E-state index in [1.807, 2.05) is 95.9 Å². The van der Waals surface area contributed by atoms with Gasteiger partial charge in [-0.25, -0.2) is 0 Å². The number of rotatable bonds is 9. The zero-order valence-corrected chi connectivity index (χ0v) is 20.9. The Hall–Kier alpha value is -1.83. The number of aliphatic hydroxyl groups excluding tert-OH is 4. The van der Waals surface area contributed by atoms with E-state index in [4.69, 9.17) is 5.11 Å². The smallest absolute Gasteiger partial charge is 0.0916 e. The third kappa shape index (κ3) is 11.2. The van der Waals surface area contributed by atoms with Crippen LogP contribution in [0.5, 0.6) is 0 Å². The molecule has 5 nitrogen and oxygen atoms in total. The number of aliphatic hydroxyl groups is 4. The molecule has 3 atom stereocenters. The Labute approximate surface area is 212 Å². The van der Waals surface area contributed by atoms with Gasteiger partial charge in [0, 0.05) is 47.5 Å². The molecular weight excluding hydrogens is 450 g/mol. The maximum Gasteiger partial charge on any atom is 0.0916 e. The summed E-state index contributed by atoms with van der Waals surface area (Å²) in [5.41, 5.74) is 2.45. The Bertz CT molecular complexity index is 749. The summed E-state index contributed by atoms with van der Waals surface area (Å²) in [5, 5.41) is 40.0. The summed E-state index contributed by atoms with van der Waals surface area (Å²) in [6.45, 7) is 4.40. The van der Waals surface area contributed by atoms with Gasteiger partial charge in [0.2, 0.25) is 0 Å². The first kappa shape index (κ1) is 29.2. The Morgan fingerprint density at radius 3 is 0.939 bits per heavy atom. The van der Waals surface area contributed by atoms with Crippen molar-refractivity contribution in [1.82, 2.24) is 4.90 Å². The van der Waals surface area contributed by atoms with E-state index in [1.165, 1.54) is 0 Å². The van der Waals surface area contributed by atoms with Gasteiger partial charge in [-0.1, -0.05) is 91.0 Å². The summed E-state index contributed by atoms with van der Waals surface area (Å²) in [6.07, 6.45) is -2.27. The molecule has 0 aromatic heterocycles. The average Bonchev–Trinajstić information content (AvgIpc) is 2.80. The van der Waals surface area contributed by atoms with Crippen molar-refractivity contribution in [2.24, 2.45) is 0 Å². The Kier molecular flexibility index (Phi) is 14.1. The molecule has 33 heavy (non-hydrogen) atoms. The molecule has 0 fully saturated rings. The van der Waals surface area contributed by atoms with Gasteiger partial charge in [-0.15, -0.1) is 0 Å². The molecule has 3 rings (SSSR count). The minimum absolute atomic E-state index is 0. The number of benzene rings is 3. The van der Waals surface area contributed by atoms with E-state index in [0.29, 0.717) is 19.6 Å². The fourth-order valence-corrected chi connectivity index (χ4v) is 3.30. The van der Waals surface area contributed by atoms with Crippen LogP contribution in [0.3, 0.4) is 0 Å². The second-order valence-electron chi connectivity index (χ2n) is 8.09. The van der Waals surface area contributed by atoms with Crippen molar-refractivity contribution in [3.63, 3.8) is 0 Å². The van der Waals surface area contributed by atoms with Crippen LogP contribution in [-0.4, -0.2) is 51.1 Å². The van der Waals surface area contributed by atoms with Crippen molar-refractivity contribution in [2.45, 2.75) is 38.3 Å². The predicted molar refractivity (Wildman–Crippen MR) is 128 cm³/mol. The molecule has 0 amide bonds. The zero-order chi connectivity index (χ0) is 23.3. The van der Waals surface area contributed by atoms with Crippen LogP contribution in [0, 0.1) is 0 Å². The first-order valence-corrected chi connectivity index (χ1v) is 11.0. The minimum atomic E-state index is -0.702. The summed E-state index contributed by atoms with van der Waals surface area (Å²) >= 11 is 0. The van der Waals surface area contributed by atoms with Crippen molar-refractivity contribution < 1.29 is 42.1 Å². The van der Waals surface area contributed by atoms with Crippen molar-refractivity contribution in [1.29, 1.82) is 0 Å². The molecule has 0 aliphatic heterocycles. The maximum atomic E-state index is 10.7. The molecule has 0 aliphatic rings.